The first kappa shape index (κ1) is 11.3. The van der Waals surface area contributed by atoms with Crippen LogP contribution in [-0.2, 0) is 4.74 Å². The number of hydrogen-bond acceptors (Lipinski definition) is 3. The van der Waals surface area contributed by atoms with E-state index in [-0.39, 0.29) is 5.78 Å². The molecule has 2 rings (SSSR count). The van der Waals surface area contributed by atoms with Gasteiger partial charge in [0.15, 0.2) is 0 Å². The van der Waals surface area contributed by atoms with Gasteiger partial charge in [0, 0.05) is 16.0 Å². The summed E-state index contributed by atoms with van der Waals surface area (Å²) in [4.78, 5) is 14.2. The highest BCUT2D eigenvalue weighted by atomic mass is 79.9. The second-order valence-electron chi connectivity index (χ2n) is 4.05. The van der Waals surface area contributed by atoms with Gasteiger partial charge in [-0.1, -0.05) is 0 Å². The first-order valence-corrected chi connectivity index (χ1v) is 6.58. The fourth-order valence-electron chi connectivity index (χ4n) is 1.84. The molecule has 1 aliphatic rings. The third-order valence-corrected chi connectivity index (χ3v) is 4.65. The van der Waals surface area contributed by atoms with Gasteiger partial charge in [-0.25, -0.2) is 0 Å². The minimum absolute atomic E-state index is 0.116. The zero-order chi connectivity index (χ0) is 11.1. The van der Waals surface area contributed by atoms with Gasteiger partial charge in [-0.3, -0.25) is 4.79 Å². The van der Waals surface area contributed by atoms with Crippen LogP contribution in [0.25, 0.3) is 0 Å². The van der Waals surface area contributed by atoms with Gasteiger partial charge in [0.25, 0.3) is 0 Å². The first-order chi connectivity index (χ1) is 7.03. The van der Waals surface area contributed by atoms with E-state index in [1.165, 1.54) is 11.3 Å². The maximum atomic E-state index is 12.3. The second-order valence-corrected chi connectivity index (χ2v) is 6.16. The molecule has 0 saturated carbocycles. The number of hydrogen-bond donors (Lipinski definition) is 0. The number of ether oxygens (including phenoxy) is 1. The number of rotatable bonds is 2. The Morgan fingerprint density at radius 1 is 1.67 bits per heavy atom. The van der Waals surface area contributed by atoms with Gasteiger partial charge in [-0.15, -0.1) is 11.3 Å². The normalized spacial score (nSPS) is 25.8. The average molecular weight is 289 g/mol. The van der Waals surface area contributed by atoms with E-state index in [1.807, 2.05) is 19.9 Å². The Bertz CT molecular complexity index is 391. The molecular formula is C11H13BrO2S. The molecule has 82 valence electrons. The van der Waals surface area contributed by atoms with E-state index in [1.54, 1.807) is 0 Å². The van der Waals surface area contributed by atoms with Crippen molar-refractivity contribution < 1.29 is 9.53 Å². The van der Waals surface area contributed by atoms with Gasteiger partial charge < -0.3 is 4.74 Å². The summed E-state index contributed by atoms with van der Waals surface area (Å²) in [5.74, 6) is 0.116. The molecule has 1 fully saturated rings. The van der Waals surface area contributed by atoms with E-state index in [9.17, 15) is 4.79 Å². The van der Waals surface area contributed by atoms with Crippen molar-refractivity contribution in [2.24, 2.45) is 0 Å². The Hall–Kier alpha value is -0.190. The van der Waals surface area contributed by atoms with Crippen molar-refractivity contribution in [2.45, 2.75) is 32.3 Å². The Kier molecular flexibility index (Phi) is 3.01. The number of ketones is 1. The summed E-state index contributed by atoms with van der Waals surface area (Å²) in [6.07, 6.45) is 1.80. The molecule has 2 nitrogen and oxygen atoms in total. The van der Waals surface area contributed by atoms with Gasteiger partial charge in [0.1, 0.15) is 5.60 Å². The number of carbonyl (C=O) groups excluding carboxylic acids is 1. The molecule has 0 amide bonds. The SMILES string of the molecule is Cc1cc(Br)c(C(=O)C2(C)CCCO2)s1. The minimum Gasteiger partial charge on any atom is -0.367 e. The summed E-state index contributed by atoms with van der Waals surface area (Å²) >= 11 is 4.95. The van der Waals surface area contributed by atoms with Crippen LogP contribution < -0.4 is 0 Å². The third-order valence-electron chi connectivity index (χ3n) is 2.72. The zero-order valence-corrected chi connectivity index (χ0v) is 11.2. The highest BCUT2D eigenvalue weighted by Gasteiger charge is 2.39. The fraction of sp³-hybridized carbons (Fsp3) is 0.545. The van der Waals surface area contributed by atoms with Crippen molar-refractivity contribution in [2.75, 3.05) is 6.61 Å². The molecule has 1 atom stereocenters. The number of halogens is 1. The van der Waals surface area contributed by atoms with Gasteiger partial charge in [0.05, 0.1) is 4.88 Å². The molecule has 1 unspecified atom stereocenters. The van der Waals surface area contributed by atoms with Crippen molar-refractivity contribution in [3.05, 3.63) is 20.3 Å². The molecule has 0 bridgehead atoms. The summed E-state index contributed by atoms with van der Waals surface area (Å²) < 4.78 is 6.45. The smallest absolute Gasteiger partial charge is 0.205 e. The number of aryl methyl sites for hydroxylation is 1. The van der Waals surface area contributed by atoms with Gasteiger partial charge in [0.2, 0.25) is 5.78 Å². The van der Waals surface area contributed by atoms with Crippen LogP contribution >= 0.6 is 27.3 Å². The molecule has 1 aromatic rings. The van der Waals surface area contributed by atoms with Crippen LogP contribution in [0.15, 0.2) is 10.5 Å². The molecule has 1 saturated heterocycles. The van der Waals surface area contributed by atoms with Crippen LogP contribution in [0.3, 0.4) is 0 Å². The Morgan fingerprint density at radius 3 is 2.87 bits per heavy atom. The van der Waals surface area contributed by atoms with Crippen LogP contribution in [-0.4, -0.2) is 18.0 Å². The third kappa shape index (κ3) is 2.03. The summed E-state index contributed by atoms with van der Waals surface area (Å²) in [6, 6.07) is 1.98. The molecule has 0 N–H and O–H groups in total. The van der Waals surface area contributed by atoms with Crippen LogP contribution in [0.4, 0.5) is 0 Å². The predicted molar refractivity (Wildman–Crippen MR) is 64.7 cm³/mol. The van der Waals surface area contributed by atoms with Crippen molar-refractivity contribution in [1.82, 2.24) is 0 Å². The summed E-state index contributed by atoms with van der Waals surface area (Å²) in [7, 11) is 0. The summed E-state index contributed by atoms with van der Waals surface area (Å²) in [5, 5.41) is 0. The van der Waals surface area contributed by atoms with Crippen molar-refractivity contribution in [3.8, 4) is 0 Å². The van der Waals surface area contributed by atoms with E-state index in [0.717, 1.165) is 27.1 Å². The highest BCUT2D eigenvalue weighted by molar-refractivity contribution is 9.10. The molecule has 15 heavy (non-hydrogen) atoms. The van der Waals surface area contributed by atoms with E-state index in [2.05, 4.69) is 15.9 Å². The largest absolute Gasteiger partial charge is 0.367 e. The van der Waals surface area contributed by atoms with Crippen molar-refractivity contribution in [1.29, 1.82) is 0 Å². The van der Waals surface area contributed by atoms with Crippen LogP contribution in [0.5, 0.6) is 0 Å². The maximum absolute atomic E-state index is 12.3. The van der Waals surface area contributed by atoms with Gasteiger partial charge in [-0.2, -0.15) is 0 Å². The lowest BCUT2D eigenvalue weighted by Crippen LogP contribution is -2.33. The lowest BCUT2D eigenvalue weighted by Gasteiger charge is -2.20. The molecule has 1 aliphatic heterocycles. The molecule has 4 heteroatoms. The van der Waals surface area contributed by atoms with Crippen molar-refractivity contribution in [3.63, 3.8) is 0 Å². The highest BCUT2D eigenvalue weighted by Crippen LogP contribution is 2.35. The number of Topliss-reactive ketones (excluding diaryl/α,β-unsaturated/α-hetero) is 1. The maximum Gasteiger partial charge on any atom is 0.205 e. The quantitative estimate of drug-likeness (QED) is 0.778. The topological polar surface area (TPSA) is 26.3 Å². The Labute approximate surface area is 102 Å². The van der Waals surface area contributed by atoms with E-state index in [4.69, 9.17) is 4.74 Å². The summed E-state index contributed by atoms with van der Waals surface area (Å²) in [6.45, 7) is 4.60. The molecule has 0 aliphatic carbocycles. The van der Waals surface area contributed by atoms with Crippen LogP contribution in [0, 0.1) is 6.92 Å². The molecule has 2 heterocycles. The zero-order valence-electron chi connectivity index (χ0n) is 8.80. The Balaban J connectivity index is 2.31. The lowest BCUT2D eigenvalue weighted by atomic mass is 9.96. The van der Waals surface area contributed by atoms with Gasteiger partial charge >= 0.3 is 0 Å². The van der Waals surface area contributed by atoms with Gasteiger partial charge in [-0.05, 0) is 48.7 Å². The van der Waals surface area contributed by atoms with Crippen LogP contribution in [0.1, 0.15) is 34.3 Å². The summed E-state index contributed by atoms with van der Waals surface area (Å²) in [5.41, 5.74) is -0.597. The first-order valence-electron chi connectivity index (χ1n) is 4.98. The number of thiophene rings is 1. The average Bonchev–Trinajstić information content (AvgIpc) is 2.73. The molecule has 0 spiro atoms. The lowest BCUT2D eigenvalue weighted by molar-refractivity contribution is 0.0217. The van der Waals surface area contributed by atoms with E-state index in [0.29, 0.717) is 6.61 Å². The van der Waals surface area contributed by atoms with Crippen LogP contribution in [0.2, 0.25) is 0 Å². The second kappa shape index (κ2) is 4.00. The molecule has 0 radical (unpaired) electrons. The van der Waals surface area contributed by atoms with E-state index < -0.39 is 5.60 Å². The minimum atomic E-state index is -0.597. The fourth-order valence-corrected chi connectivity index (χ4v) is 3.72. The predicted octanol–water partition coefficient (Wildman–Crippen LogP) is 3.57. The Morgan fingerprint density at radius 2 is 2.40 bits per heavy atom. The molecular weight excluding hydrogens is 276 g/mol. The molecule has 0 aromatic carbocycles. The molecule has 1 aromatic heterocycles. The standard InChI is InChI=1S/C11H13BrO2S/c1-7-6-8(12)9(15-7)10(13)11(2)4-3-5-14-11/h6H,3-5H2,1-2H3. The van der Waals surface area contributed by atoms with Crippen molar-refractivity contribution >= 4 is 33.0 Å². The number of carbonyl (C=O) groups is 1. The monoisotopic (exact) mass is 288 g/mol. The van der Waals surface area contributed by atoms with E-state index >= 15 is 0 Å².